The molecule has 4 rings (SSSR count). The van der Waals surface area contributed by atoms with E-state index in [1.165, 1.54) is 12.1 Å². The predicted molar refractivity (Wildman–Crippen MR) is 114 cm³/mol. The summed E-state index contributed by atoms with van der Waals surface area (Å²) >= 11 is 6.16. The fourth-order valence-corrected chi connectivity index (χ4v) is 3.78. The fraction of sp³-hybridized carbons (Fsp3) is 0.273. The van der Waals surface area contributed by atoms with Gasteiger partial charge in [-0.3, -0.25) is 4.79 Å². The highest BCUT2D eigenvalue weighted by molar-refractivity contribution is 6.33. The van der Waals surface area contributed by atoms with Crippen LogP contribution < -0.4 is 10.2 Å². The first-order chi connectivity index (χ1) is 14.5. The summed E-state index contributed by atoms with van der Waals surface area (Å²) in [6, 6.07) is 10.1. The maximum Gasteiger partial charge on any atom is 0.261 e. The monoisotopic (exact) mass is 429 g/mol. The average Bonchev–Trinajstić information content (AvgIpc) is 3.11. The molecule has 8 heteroatoms. The minimum atomic E-state index is -0.573. The van der Waals surface area contributed by atoms with E-state index in [4.69, 9.17) is 20.9 Å². The smallest absolute Gasteiger partial charge is 0.261 e. The molecule has 1 saturated heterocycles. The Labute approximate surface area is 178 Å². The van der Waals surface area contributed by atoms with Crippen molar-refractivity contribution >= 4 is 28.9 Å². The molecule has 1 aromatic heterocycles. The molecule has 3 aromatic rings. The van der Waals surface area contributed by atoms with E-state index in [0.717, 1.165) is 24.3 Å². The van der Waals surface area contributed by atoms with Crippen LogP contribution >= 0.6 is 11.6 Å². The highest BCUT2D eigenvalue weighted by Crippen LogP contribution is 2.34. The number of hydrogen-bond donors (Lipinski definition) is 1. The number of nitrogens with zero attached hydrogens (tertiary/aromatic N) is 2. The van der Waals surface area contributed by atoms with Crippen LogP contribution in [0.2, 0.25) is 5.02 Å². The van der Waals surface area contributed by atoms with Crippen LogP contribution in [-0.4, -0.2) is 37.4 Å². The van der Waals surface area contributed by atoms with E-state index >= 15 is 0 Å². The van der Waals surface area contributed by atoms with Crippen LogP contribution in [0.4, 0.5) is 15.8 Å². The first-order valence-electron chi connectivity index (χ1n) is 9.61. The van der Waals surface area contributed by atoms with E-state index in [9.17, 15) is 9.18 Å². The molecule has 0 aliphatic carbocycles. The maximum atomic E-state index is 14.4. The summed E-state index contributed by atoms with van der Waals surface area (Å²) in [5.74, 6) is -0.731. The number of anilines is 2. The van der Waals surface area contributed by atoms with Crippen molar-refractivity contribution in [2.45, 2.75) is 13.8 Å². The Morgan fingerprint density at radius 2 is 1.97 bits per heavy atom. The molecule has 156 valence electrons. The standard InChI is InChI=1S/C22H21ClFN3O3/c1-13-12-15(27-8-10-29-11-9-27)6-7-18(13)25-22(28)19-14(2)30-26-21(19)20-16(23)4-3-5-17(20)24/h3-7,12H,8-11H2,1-2H3,(H,25,28). The zero-order valence-corrected chi connectivity index (χ0v) is 17.4. The van der Waals surface area contributed by atoms with E-state index in [1.54, 1.807) is 13.0 Å². The van der Waals surface area contributed by atoms with Gasteiger partial charge in [0.1, 0.15) is 22.8 Å². The van der Waals surface area contributed by atoms with Gasteiger partial charge in [-0.25, -0.2) is 4.39 Å². The first-order valence-corrected chi connectivity index (χ1v) is 9.99. The number of carbonyl (C=O) groups excluding carboxylic acids is 1. The quantitative estimate of drug-likeness (QED) is 0.642. The summed E-state index contributed by atoms with van der Waals surface area (Å²) in [7, 11) is 0. The van der Waals surface area contributed by atoms with E-state index in [-0.39, 0.29) is 27.6 Å². The molecule has 0 atom stereocenters. The van der Waals surface area contributed by atoms with Crippen LogP contribution in [0.15, 0.2) is 40.9 Å². The molecule has 0 spiro atoms. The maximum absolute atomic E-state index is 14.4. The molecule has 1 aliphatic rings. The zero-order valence-electron chi connectivity index (χ0n) is 16.7. The number of aryl methyl sites for hydroxylation is 2. The average molecular weight is 430 g/mol. The second kappa shape index (κ2) is 8.45. The normalized spacial score (nSPS) is 14.1. The van der Waals surface area contributed by atoms with Crippen LogP contribution in [0.1, 0.15) is 21.7 Å². The number of benzene rings is 2. The van der Waals surface area contributed by atoms with Crippen LogP contribution in [0, 0.1) is 19.7 Å². The molecule has 0 unspecified atom stereocenters. The van der Waals surface area contributed by atoms with Gasteiger partial charge >= 0.3 is 0 Å². The molecule has 1 aliphatic heterocycles. The van der Waals surface area contributed by atoms with Gasteiger partial charge < -0.3 is 19.5 Å². The molecule has 0 bridgehead atoms. The van der Waals surface area contributed by atoms with Gasteiger partial charge in [-0.05, 0) is 49.7 Å². The number of carbonyl (C=O) groups is 1. The van der Waals surface area contributed by atoms with E-state index in [1.807, 2.05) is 25.1 Å². The lowest BCUT2D eigenvalue weighted by Crippen LogP contribution is -2.36. The molecule has 6 nitrogen and oxygen atoms in total. The van der Waals surface area contributed by atoms with Crippen molar-refractivity contribution in [3.8, 4) is 11.3 Å². The first kappa shape index (κ1) is 20.4. The summed E-state index contributed by atoms with van der Waals surface area (Å²) in [6.45, 7) is 6.59. The Hall–Kier alpha value is -2.90. The number of rotatable bonds is 4. The third kappa shape index (κ3) is 3.91. The van der Waals surface area contributed by atoms with Crippen molar-refractivity contribution in [2.24, 2.45) is 0 Å². The van der Waals surface area contributed by atoms with Crippen molar-refractivity contribution < 1.29 is 18.4 Å². The third-order valence-electron chi connectivity index (χ3n) is 5.12. The second-order valence-corrected chi connectivity index (χ2v) is 7.52. The molecule has 2 heterocycles. The minimum absolute atomic E-state index is 0.0422. The highest BCUT2D eigenvalue weighted by atomic mass is 35.5. The predicted octanol–water partition coefficient (Wildman–Crippen LogP) is 4.84. The Morgan fingerprint density at radius 1 is 1.20 bits per heavy atom. The van der Waals surface area contributed by atoms with Gasteiger partial charge in [0.15, 0.2) is 0 Å². The lowest BCUT2D eigenvalue weighted by molar-refractivity contribution is 0.102. The van der Waals surface area contributed by atoms with Gasteiger partial charge in [-0.2, -0.15) is 0 Å². The summed E-state index contributed by atoms with van der Waals surface area (Å²) in [5, 5.41) is 6.93. The largest absolute Gasteiger partial charge is 0.378 e. The van der Waals surface area contributed by atoms with Gasteiger partial charge in [0.2, 0.25) is 0 Å². The van der Waals surface area contributed by atoms with Gasteiger partial charge in [0, 0.05) is 24.5 Å². The van der Waals surface area contributed by atoms with Crippen LogP contribution in [0.25, 0.3) is 11.3 Å². The van der Waals surface area contributed by atoms with Crippen molar-refractivity contribution in [3.05, 3.63) is 64.1 Å². The summed E-state index contributed by atoms with van der Waals surface area (Å²) in [4.78, 5) is 15.3. The van der Waals surface area contributed by atoms with Gasteiger partial charge in [-0.1, -0.05) is 22.8 Å². The summed E-state index contributed by atoms with van der Waals surface area (Å²) in [6.07, 6.45) is 0. The second-order valence-electron chi connectivity index (χ2n) is 7.11. The third-order valence-corrected chi connectivity index (χ3v) is 5.44. The fourth-order valence-electron chi connectivity index (χ4n) is 3.53. The Morgan fingerprint density at radius 3 is 2.67 bits per heavy atom. The number of morpholine rings is 1. The van der Waals surface area contributed by atoms with Crippen molar-refractivity contribution in [2.75, 3.05) is 36.5 Å². The molecule has 30 heavy (non-hydrogen) atoms. The zero-order chi connectivity index (χ0) is 21.3. The summed E-state index contributed by atoms with van der Waals surface area (Å²) in [5.41, 5.74) is 2.92. The molecule has 0 saturated carbocycles. The minimum Gasteiger partial charge on any atom is -0.378 e. The van der Waals surface area contributed by atoms with E-state index in [2.05, 4.69) is 15.4 Å². The molecular weight excluding hydrogens is 409 g/mol. The number of nitrogens with one attached hydrogen (secondary N) is 1. The number of amides is 1. The number of ether oxygens (including phenoxy) is 1. The van der Waals surface area contributed by atoms with Crippen LogP contribution in [-0.2, 0) is 4.74 Å². The Balaban J connectivity index is 1.62. The molecule has 1 fully saturated rings. The topological polar surface area (TPSA) is 67.6 Å². The SMILES string of the molecule is Cc1cc(N2CCOCC2)ccc1NC(=O)c1c(-c2c(F)cccc2Cl)noc1C. The van der Waals surface area contributed by atoms with E-state index in [0.29, 0.717) is 18.9 Å². The van der Waals surface area contributed by atoms with Crippen molar-refractivity contribution in [1.29, 1.82) is 0 Å². The number of aromatic nitrogens is 1. The highest BCUT2D eigenvalue weighted by Gasteiger charge is 2.26. The van der Waals surface area contributed by atoms with Crippen molar-refractivity contribution in [1.82, 2.24) is 5.16 Å². The van der Waals surface area contributed by atoms with Crippen LogP contribution in [0.3, 0.4) is 0 Å². The van der Waals surface area contributed by atoms with Crippen molar-refractivity contribution in [3.63, 3.8) is 0 Å². The lowest BCUT2D eigenvalue weighted by Gasteiger charge is -2.29. The number of halogens is 2. The number of hydrogen-bond acceptors (Lipinski definition) is 5. The molecule has 1 N–H and O–H groups in total. The molecular formula is C22H21ClFN3O3. The van der Waals surface area contributed by atoms with Gasteiger partial charge in [0.05, 0.1) is 23.8 Å². The van der Waals surface area contributed by atoms with Gasteiger partial charge in [-0.15, -0.1) is 0 Å². The van der Waals surface area contributed by atoms with Crippen LogP contribution in [0.5, 0.6) is 0 Å². The lowest BCUT2D eigenvalue weighted by atomic mass is 10.0. The Bertz CT molecular complexity index is 1070. The molecule has 2 aromatic carbocycles. The summed E-state index contributed by atoms with van der Waals surface area (Å²) < 4.78 is 25.0. The molecule has 0 radical (unpaired) electrons. The van der Waals surface area contributed by atoms with E-state index < -0.39 is 11.7 Å². The molecule has 1 amide bonds. The van der Waals surface area contributed by atoms with Gasteiger partial charge in [0.25, 0.3) is 5.91 Å². The Kier molecular flexibility index (Phi) is 5.74.